The van der Waals surface area contributed by atoms with Crippen molar-refractivity contribution in [3.05, 3.63) is 39.8 Å². The Balaban J connectivity index is 1.83. The zero-order valence-corrected chi connectivity index (χ0v) is 15.4. The SMILES string of the molecule is O=C([O-])CN1C(=O)CC(N2C(=O)C(=Cc3ccc(Cl)cc3)SC2=S)C1=O. The first kappa shape index (κ1) is 18.6. The molecule has 0 bridgehead atoms. The molecule has 1 aromatic carbocycles. The summed E-state index contributed by atoms with van der Waals surface area (Å²) >= 11 is 12.0. The number of benzene rings is 1. The molecule has 26 heavy (non-hydrogen) atoms. The summed E-state index contributed by atoms with van der Waals surface area (Å²) in [6, 6.07) is 5.66. The van der Waals surface area contributed by atoms with Crippen LogP contribution in [0.15, 0.2) is 29.2 Å². The quantitative estimate of drug-likeness (QED) is 0.403. The topological polar surface area (TPSA) is 97.8 Å². The highest BCUT2D eigenvalue weighted by molar-refractivity contribution is 8.26. The highest BCUT2D eigenvalue weighted by Gasteiger charge is 2.48. The van der Waals surface area contributed by atoms with E-state index < -0.39 is 36.3 Å². The molecule has 2 heterocycles. The first-order chi connectivity index (χ1) is 12.3. The van der Waals surface area contributed by atoms with Crippen LogP contribution >= 0.6 is 35.6 Å². The van der Waals surface area contributed by atoms with E-state index in [9.17, 15) is 24.3 Å². The lowest BCUT2D eigenvalue weighted by Gasteiger charge is -2.21. The molecule has 10 heteroatoms. The Hall–Kier alpha value is -2.23. The lowest BCUT2D eigenvalue weighted by molar-refractivity contribution is -0.305. The number of hydrogen-bond donors (Lipinski definition) is 0. The van der Waals surface area contributed by atoms with E-state index in [-0.39, 0.29) is 10.7 Å². The van der Waals surface area contributed by atoms with E-state index >= 15 is 0 Å². The summed E-state index contributed by atoms with van der Waals surface area (Å²) in [4.78, 5) is 49.6. The molecule has 2 aliphatic rings. The molecule has 0 N–H and O–H groups in total. The van der Waals surface area contributed by atoms with Crippen LogP contribution < -0.4 is 5.11 Å². The van der Waals surface area contributed by atoms with Crippen LogP contribution in [0.4, 0.5) is 0 Å². The third kappa shape index (κ3) is 3.50. The van der Waals surface area contributed by atoms with Gasteiger partial charge in [-0.05, 0) is 23.8 Å². The molecule has 0 saturated carbocycles. The van der Waals surface area contributed by atoms with Crippen molar-refractivity contribution < 1.29 is 24.3 Å². The van der Waals surface area contributed by atoms with Crippen molar-refractivity contribution in [2.75, 3.05) is 6.54 Å². The fourth-order valence-corrected chi connectivity index (χ4v) is 4.10. The predicted octanol–water partition coefficient (Wildman–Crippen LogP) is 0.419. The molecule has 1 atom stereocenters. The Kier molecular flexibility index (Phi) is 5.12. The van der Waals surface area contributed by atoms with E-state index in [1.54, 1.807) is 30.3 Å². The van der Waals surface area contributed by atoms with Crippen molar-refractivity contribution in [1.29, 1.82) is 0 Å². The van der Waals surface area contributed by atoms with Crippen LogP contribution in [0.2, 0.25) is 5.02 Å². The number of carbonyl (C=O) groups excluding carboxylic acids is 4. The first-order valence-corrected chi connectivity index (χ1v) is 8.95. The third-order valence-electron chi connectivity index (χ3n) is 3.81. The number of carboxylic acid groups (broad SMARTS) is 1. The minimum Gasteiger partial charge on any atom is -0.548 e. The number of hydrogen-bond acceptors (Lipinski definition) is 7. The van der Waals surface area contributed by atoms with Gasteiger partial charge in [-0.15, -0.1) is 0 Å². The largest absolute Gasteiger partial charge is 0.548 e. The molecule has 0 radical (unpaired) electrons. The molecule has 3 amide bonds. The number of aliphatic carboxylic acids is 1. The van der Waals surface area contributed by atoms with Gasteiger partial charge in [0.15, 0.2) is 0 Å². The molecule has 3 rings (SSSR count). The number of rotatable bonds is 4. The molecular weight excluding hydrogens is 400 g/mol. The minimum atomic E-state index is -1.56. The Bertz CT molecular complexity index is 868. The Morgan fingerprint density at radius 1 is 1.31 bits per heavy atom. The van der Waals surface area contributed by atoms with E-state index in [4.69, 9.17) is 23.8 Å². The Morgan fingerprint density at radius 3 is 2.58 bits per heavy atom. The van der Waals surface area contributed by atoms with Gasteiger partial charge in [-0.1, -0.05) is 47.7 Å². The average molecular weight is 410 g/mol. The molecule has 2 saturated heterocycles. The van der Waals surface area contributed by atoms with Gasteiger partial charge in [0.25, 0.3) is 11.8 Å². The summed E-state index contributed by atoms with van der Waals surface area (Å²) in [5.74, 6) is -3.51. The van der Waals surface area contributed by atoms with E-state index in [1.165, 1.54) is 0 Å². The normalized spacial score (nSPS) is 22.0. The van der Waals surface area contributed by atoms with Gasteiger partial charge in [0.2, 0.25) is 5.91 Å². The summed E-state index contributed by atoms with van der Waals surface area (Å²) < 4.78 is 0.136. The fraction of sp³-hybridized carbons (Fsp3) is 0.188. The number of thioether (sulfide) groups is 1. The van der Waals surface area contributed by atoms with Crippen molar-refractivity contribution in [3.63, 3.8) is 0 Å². The number of halogens is 1. The maximum absolute atomic E-state index is 12.7. The van der Waals surface area contributed by atoms with Gasteiger partial charge in [-0.2, -0.15) is 0 Å². The lowest BCUT2D eigenvalue weighted by Crippen LogP contribution is -2.46. The van der Waals surface area contributed by atoms with Gasteiger partial charge in [-0.25, -0.2) is 0 Å². The maximum atomic E-state index is 12.7. The van der Waals surface area contributed by atoms with Crippen LogP contribution in [-0.2, 0) is 19.2 Å². The molecule has 1 aromatic rings. The summed E-state index contributed by atoms with van der Waals surface area (Å²) in [7, 11) is 0. The summed E-state index contributed by atoms with van der Waals surface area (Å²) in [6.45, 7) is -0.844. The smallest absolute Gasteiger partial charge is 0.266 e. The van der Waals surface area contributed by atoms with E-state index in [0.29, 0.717) is 14.8 Å². The number of thiocarbonyl (C=S) groups is 1. The van der Waals surface area contributed by atoms with Crippen molar-refractivity contribution in [3.8, 4) is 0 Å². The van der Waals surface area contributed by atoms with Crippen molar-refractivity contribution in [2.45, 2.75) is 12.5 Å². The van der Waals surface area contributed by atoms with Crippen molar-refractivity contribution in [1.82, 2.24) is 9.80 Å². The first-order valence-electron chi connectivity index (χ1n) is 7.34. The standard InChI is InChI=1S/C16H11ClN2O5S2/c17-9-3-1-8(2-4-9)5-11-15(24)19(16(25)26-11)10-6-12(20)18(14(10)23)7-13(21)22/h1-5,10H,6-7H2,(H,21,22)/p-1. The molecule has 134 valence electrons. The number of carbonyl (C=O) groups is 4. The highest BCUT2D eigenvalue weighted by atomic mass is 35.5. The number of nitrogens with zero attached hydrogens (tertiary/aromatic N) is 2. The zero-order valence-electron chi connectivity index (χ0n) is 13.0. The molecule has 7 nitrogen and oxygen atoms in total. The Morgan fingerprint density at radius 2 is 1.96 bits per heavy atom. The second-order valence-electron chi connectivity index (χ2n) is 5.51. The monoisotopic (exact) mass is 409 g/mol. The van der Waals surface area contributed by atoms with E-state index in [0.717, 1.165) is 22.2 Å². The molecule has 2 fully saturated rings. The summed E-state index contributed by atoms with van der Waals surface area (Å²) in [5.41, 5.74) is 0.724. The van der Waals surface area contributed by atoms with E-state index in [2.05, 4.69) is 0 Å². The second-order valence-corrected chi connectivity index (χ2v) is 7.63. The number of amides is 3. The summed E-state index contributed by atoms with van der Waals surface area (Å²) in [6.07, 6.45) is 1.29. The van der Waals surface area contributed by atoms with Gasteiger partial charge < -0.3 is 9.90 Å². The van der Waals surface area contributed by atoms with Crippen LogP contribution in [-0.4, -0.2) is 50.4 Å². The zero-order chi connectivity index (χ0) is 19.0. The highest BCUT2D eigenvalue weighted by Crippen LogP contribution is 2.36. The van der Waals surface area contributed by atoms with Crippen LogP contribution in [0.3, 0.4) is 0 Å². The van der Waals surface area contributed by atoms with Gasteiger partial charge in [0.05, 0.1) is 23.8 Å². The number of carboxylic acids is 1. The average Bonchev–Trinajstić information content (AvgIpc) is 2.99. The molecule has 0 spiro atoms. The Labute approximate surface area is 162 Å². The lowest BCUT2D eigenvalue weighted by atomic mass is 10.2. The van der Waals surface area contributed by atoms with Crippen LogP contribution in [0.5, 0.6) is 0 Å². The van der Waals surface area contributed by atoms with Crippen molar-refractivity contribution in [2.24, 2.45) is 0 Å². The van der Waals surface area contributed by atoms with E-state index in [1.807, 2.05) is 0 Å². The second kappa shape index (κ2) is 7.18. The van der Waals surface area contributed by atoms with Crippen LogP contribution in [0, 0.1) is 0 Å². The van der Waals surface area contributed by atoms with Gasteiger partial charge in [-0.3, -0.25) is 24.2 Å². The molecular formula is C16H10ClN2O5S2-. The van der Waals surface area contributed by atoms with Gasteiger partial charge in [0.1, 0.15) is 10.4 Å². The molecule has 2 aliphatic heterocycles. The minimum absolute atomic E-state index is 0.136. The number of likely N-dealkylation sites (tertiary alicyclic amines) is 1. The third-order valence-corrected chi connectivity index (χ3v) is 5.39. The van der Waals surface area contributed by atoms with Gasteiger partial charge in [0, 0.05) is 5.02 Å². The van der Waals surface area contributed by atoms with Crippen LogP contribution in [0.25, 0.3) is 6.08 Å². The predicted molar refractivity (Wildman–Crippen MR) is 96.6 cm³/mol. The number of imide groups is 1. The van der Waals surface area contributed by atoms with Crippen molar-refractivity contribution >= 4 is 69.7 Å². The summed E-state index contributed by atoms with van der Waals surface area (Å²) in [5, 5.41) is 11.2. The van der Waals surface area contributed by atoms with Crippen LogP contribution in [0.1, 0.15) is 12.0 Å². The van der Waals surface area contributed by atoms with Gasteiger partial charge >= 0.3 is 0 Å². The molecule has 0 aromatic heterocycles. The fourth-order valence-electron chi connectivity index (χ4n) is 2.62. The molecule has 0 aliphatic carbocycles. The maximum Gasteiger partial charge on any atom is 0.266 e. The molecule has 1 unspecified atom stereocenters.